The maximum atomic E-state index is 13.5. The Hall–Kier alpha value is -3.88. The third-order valence-electron chi connectivity index (χ3n) is 6.24. The van der Waals surface area contributed by atoms with Crippen molar-refractivity contribution in [2.24, 2.45) is 5.92 Å². The van der Waals surface area contributed by atoms with Crippen molar-refractivity contribution >= 4 is 34.4 Å². The first-order valence-electron chi connectivity index (χ1n) is 10.5. The number of benzene rings is 1. The number of anilines is 1. The van der Waals surface area contributed by atoms with E-state index in [1.54, 1.807) is 18.2 Å². The van der Waals surface area contributed by atoms with Gasteiger partial charge in [0.1, 0.15) is 11.8 Å². The molecular weight excluding hydrogens is 414 g/mol. The van der Waals surface area contributed by atoms with Crippen LogP contribution in [0.1, 0.15) is 54.5 Å². The second-order valence-electron chi connectivity index (χ2n) is 8.15. The van der Waals surface area contributed by atoms with Gasteiger partial charge >= 0.3 is 5.97 Å². The van der Waals surface area contributed by atoms with Gasteiger partial charge in [-0.2, -0.15) is 0 Å². The van der Waals surface area contributed by atoms with E-state index in [4.69, 9.17) is 4.42 Å². The predicted octanol–water partition coefficient (Wildman–Crippen LogP) is 3.90. The first-order chi connectivity index (χ1) is 15.5. The van der Waals surface area contributed by atoms with Crippen LogP contribution in [0.5, 0.6) is 0 Å². The zero-order valence-corrected chi connectivity index (χ0v) is 17.1. The summed E-state index contributed by atoms with van der Waals surface area (Å²) < 4.78 is 5.51. The SMILES string of the molecule is O=C(O)c1ccc(C2C(C(=O)C3CCCCC3)=C(O)C(=O)N2c2ccc3nc[nH]c3c2)o1. The Morgan fingerprint density at radius 2 is 1.91 bits per heavy atom. The maximum absolute atomic E-state index is 13.5. The molecule has 1 fully saturated rings. The van der Waals surface area contributed by atoms with Crippen molar-refractivity contribution in [3.8, 4) is 0 Å². The zero-order valence-electron chi connectivity index (χ0n) is 17.1. The number of imidazole rings is 1. The average molecular weight is 435 g/mol. The van der Waals surface area contributed by atoms with Crippen molar-refractivity contribution in [3.05, 3.63) is 59.5 Å². The highest BCUT2D eigenvalue weighted by Crippen LogP contribution is 2.44. The number of H-pyrrole nitrogens is 1. The summed E-state index contributed by atoms with van der Waals surface area (Å²) in [6, 6.07) is 6.71. The first-order valence-corrected chi connectivity index (χ1v) is 10.5. The molecule has 2 aromatic heterocycles. The number of aromatic carboxylic acids is 1. The summed E-state index contributed by atoms with van der Waals surface area (Å²) in [5.74, 6) is -3.42. The van der Waals surface area contributed by atoms with Crippen LogP contribution < -0.4 is 4.90 Å². The van der Waals surface area contributed by atoms with Crippen LogP contribution in [0.15, 0.2) is 52.4 Å². The van der Waals surface area contributed by atoms with Crippen LogP contribution in [0.4, 0.5) is 5.69 Å². The molecule has 2 aliphatic rings. The van der Waals surface area contributed by atoms with Crippen LogP contribution in [0.25, 0.3) is 11.0 Å². The van der Waals surface area contributed by atoms with Crippen LogP contribution in [-0.4, -0.2) is 37.8 Å². The number of aliphatic hydroxyl groups excluding tert-OH is 1. The van der Waals surface area contributed by atoms with E-state index in [0.717, 1.165) is 19.3 Å². The molecule has 1 saturated carbocycles. The molecule has 3 heterocycles. The van der Waals surface area contributed by atoms with Gasteiger partial charge in [0.15, 0.2) is 11.5 Å². The molecule has 1 aromatic carbocycles. The number of aliphatic hydroxyl groups is 1. The summed E-state index contributed by atoms with van der Waals surface area (Å²) in [5.41, 5.74) is 1.74. The minimum Gasteiger partial charge on any atom is -0.503 e. The van der Waals surface area contributed by atoms with Crippen LogP contribution in [-0.2, 0) is 9.59 Å². The molecule has 9 heteroatoms. The van der Waals surface area contributed by atoms with Gasteiger partial charge in [-0.15, -0.1) is 0 Å². The number of rotatable bonds is 5. The van der Waals surface area contributed by atoms with Gasteiger partial charge in [-0.1, -0.05) is 19.3 Å². The number of carboxylic acids is 1. The van der Waals surface area contributed by atoms with Crippen molar-refractivity contribution < 1.29 is 29.0 Å². The van der Waals surface area contributed by atoms with Gasteiger partial charge < -0.3 is 19.6 Å². The number of aromatic amines is 1. The lowest BCUT2D eigenvalue weighted by Gasteiger charge is -2.27. The van der Waals surface area contributed by atoms with E-state index in [-0.39, 0.29) is 28.8 Å². The number of nitrogens with zero attached hydrogens (tertiary/aromatic N) is 2. The number of amides is 1. The Balaban J connectivity index is 1.63. The Morgan fingerprint density at radius 1 is 1.12 bits per heavy atom. The first kappa shape index (κ1) is 20.0. The van der Waals surface area contributed by atoms with E-state index in [9.17, 15) is 24.6 Å². The fraction of sp³-hybridized carbons (Fsp3) is 0.304. The number of hydrogen-bond acceptors (Lipinski definition) is 6. The van der Waals surface area contributed by atoms with Crippen LogP contribution >= 0.6 is 0 Å². The Morgan fingerprint density at radius 3 is 2.62 bits per heavy atom. The number of carbonyl (C=O) groups is 3. The third kappa shape index (κ3) is 3.17. The number of nitrogens with one attached hydrogen (secondary N) is 1. The lowest BCUT2D eigenvalue weighted by Crippen LogP contribution is -2.31. The quantitative estimate of drug-likeness (QED) is 0.553. The zero-order chi connectivity index (χ0) is 22.4. The fourth-order valence-corrected chi connectivity index (χ4v) is 4.67. The van der Waals surface area contributed by atoms with Gasteiger partial charge in [-0.25, -0.2) is 9.78 Å². The number of Topliss-reactive ketones (excluding diaryl/α,β-unsaturated/α-hetero) is 1. The third-order valence-corrected chi connectivity index (χ3v) is 6.24. The molecule has 0 spiro atoms. The van der Waals surface area contributed by atoms with Crippen molar-refractivity contribution in [2.75, 3.05) is 4.90 Å². The summed E-state index contributed by atoms with van der Waals surface area (Å²) in [4.78, 5) is 46.4. The molecule has 3 aromatic rings. The number of hydrogen-bond donors (Lipinski definition) is 3. The van der Waals surface area contributed by atoms with Gasteiger partial charge in [0.2, 0.25) is 5.76 Å². The van der Waals surface area contributed by atoms with Crippen molar-refractivity contribution in [1.29, 1.82) is 0 Å². The second-order valence-corrected chi connectivity index (χ2v) is 8.15. The van der Waals surface area contributed by atoms with E-state index in [1.165, 1.54) is 23.4 Å². The molecule has 0 radical (unpaired) electrons. The highest BCUT2D eigenvalue weighted by atomic mass is 16.4. The van der Waals surface area contributed by atoms with Gasteiger partial charge in [-0.05, 0) is 43.2 Å². The number of fused-ring (bicyclic) bond motifs is 1. The van der Waals surface area contributed by atoms with Crippen molar-refractivity contribution in [3.63, 3.8) is 0 Å². The topological polar surface area (TPSA) is 137 Å². The van der Waals surface area contributed by atoms with Gasteiger partial charge in [0, 0.05) is 11.6 Å². The minimum atomic E-state index is -1.26. The molecule has 9 nitrogen and oxygen atoms in total. The fourth-order valence-electron chi connectivity index (χ4n) is 4.67. The molecule has 0 saturated heterocycles. The molecule has 3 N–H and O–H groups in total. The largest absolute Gasteiger partial charge is 0.503 e. The van der Waals surface area contributed by atoms with Gasteiger partial charge in [0.25, 0.3) is 5.91 Å². The van der Waals surface area contributed by atoms with Crippen molar-refractivity contribution in [1.82, 2.24) is 9.97 Å². The van der Waals surface area contributed by atoms with E-state index in [0.29, 0.717) is 29.6 Å². The smallest absolute Gasteiger partial charge is 0.371 e. The summed E-state index contributed by atoms with van der Waals surface area (Å²) in [7, 11) is 0. The summed E-state index contributed by atoms with van der Waals surface area (Å²) in [5, 5.41) is 20.1. The molecule has 164 valence electrons. The molecule has 1 aliphatic heterocycles. The van der Waals surface area contributed by atoms with Crippen LogP contribution in [0.2, 0.25) is 0 Å². The van der Waals surface area contributed by atoms with Crippen molar-refractivity contribution in [2.45, 2.75) is 38.1 Å². The summed E-state index contributed by atoms with van der Waals surface area (Å²) in [6.45, 7) is 0. The number of carboxylic acid groups (broad SMARTS) is 1. The van der Waals surface area contributed by atoms with Gasteiger partial charge in [0.05, 0.1) is 22.9 Å². The normalized spacial score (nSPS) is 19.8. The van der Waals surface area contributed by atoms with Crippen LogP contribution in [0, 0.1) is 5.92 Å². The molecule has 1 unspecified atom stereocenters. The monoisotopic (exact) mass is 435 g/mol. The number of furan rings is 1. The summed E-state index contributed by atoms with van der Waals surface area (Å²) >= 11 is 0. The molecule has 5 rings (SSSR count). The Bertz CT molecular complexity index is 1260. The Kier molecular flexibility index (Phi) is 4.80. The predicted molar refractivity (Wildman–Crippen MR) is 113 cm³/mol. The average Bonchev–Trinajstić information content (AvgIpc) is 3.52. The molecule has 1 aliphatic carbocycles. The van der Waals surface area contributed by atoms with E-state index < -0.39 is 23.7 Å². The van der Waals surface area contributed by atoms with Gasteiger partial charge in [-0.3, -0.25) is 14.5 Å². The summed E-state index contributed by atoms with van der Waals surface area (Å²) in [6.07, 6.45) is 5.77. The van der Waals surface area contributed by atoms with E-state index in [2.05, 4.69) is 9.97 Å². The van der Waals surface area contributed by atoms with E-state index in [1.807, 2.05) is 0 Å². The van der Waals surface area contributed by atoms with E-state index >= 15 is 0 Å². The Labute approximate surface area is 182 Å². The molecule has 32 heavy (non-hydrogen) atoms. The molecule has 0 bridgehead atoms. The molecular formula is C23H21N3O6. The number of aromatic nitrogens is 2. The highest BCUT2D eigenvalue weighted by molar-refractivity contribution is 6.17. The molecule has 1 amide bonds. The lowest BCUT2D eigenvalue weighted by atomic mass is 9.82. The number of carbonyl (C=O) groups excluding carboxylic acids is 2. The standard InChI is InChI=1S/C23H21N3O6/c27-20(12-4-2-1-3-5-12)18-19(16-8-9-17(32-16)23(30)31)26(22(29)21(18)28)13-6-7-14-15(10-13)25-11-24-14/h6-12,19,28H,1-5H2,(H,24,25)(H,30,31). The maximum Gasteiger partial charge on any atom is 0.371 e. The number of ketones is 1. The second kappa shape index (κ2) is 7.67. The minimum absolute atomic E-state index is 0.0436. The molecule has 1 atom stereocenters. The van der Waals surface area contributed by atoms with Crippen LogP contribution in [0.3, 0.4) is 0 Å². The lowest BCUT2D eigenvalue weighted by molar-refractivity contribution is -0.121. The highest BCUT2D eigenvalue weighted by Gasteiger charge is 2.47.